The zero-order chi connectivity index (χ0) is 17.2. The van der Waals surface area contributed by atoms with Crippen LogP contribution in [-0.4, -0.2) is 6.29 Å². The molecule has 0 fully saturated rings. The van der Waals surface area contributed by atoms with Gasteiger partial charge in [-0.15, -0.1) is 0 Å². The van der Waals surface area contributed by atoms with E-state index in [2.05, 4.69) is 18.2 Å². The zero-order valence-electron chi connectivity index (χ0n) is 13.4. The summed E-state index contributed by atoms with van der Waals surface area (Å²) in [7, 11) is 0. The van der Waals surface area contributed by atoms with Crippen LogP contribution in [0.4, 0.5) is 4.39 Å². The summed E-state index contributed by atoms with van der Waals surface area (Å²) in [5.41, 5.74) is 3.85. The molecule has 0 aliphatic carbocycles. The van der Waals surface area contributed by atoms with Gasteiger partial charge in [0, 0.05) is 10.9 Å². The van der Waals surface area contributed by atoms with Gasteiger partial charge in [0.05, 0.1) is 5.56 Å². The Morgan fingerprint density at radius 2 is 1.72 bits per heavy atom. The fourth-order valence-corrected chi connectivity index (χ4v) is 2.95. The van der Waals surface area contributed by atoms with E-state index in [0.717, 1.165) is 17.4 Å². The van der Waals surface area contributed by atoms with Crippen molar-refractivity contribution in [2.45, 2.75) is 6.42 Å². The molecule has 3 aromatic carbocycles. The highest BCUT2D eigenvalue weighted by Gasteiger charge is 2.10. The standard InChI is InChI=1S/C22H15FO2/c23-20-12-17(7-8-18(20)14-24)22-13-19-11-16(6-9-21(19)25-22)10-15-4-2-1-3-5-15/h1-9,11-14H,10H2. The van der Waals surface area contributed by atoms with Gasteiger partial charge in [-0.1, -0.05) is 42.5 Å². The minimum atomic E-state index is -0.544. The highest BCUT2D eigenvalue weighted by atomic mass is 19.1. The van der Waals surface area contributed by atoms with Crippen LogP contribution in [0, 0.1) is 5.82 Å². The number of carbonyl (C=O) groups is 1. The molecule has 0 atom stereocenters. The first-order chi connectivity index (χ1) is 12.2. The smallest absolute Gasteiger partial charge is 0.152 e. The van der Waals surface area contributed by atoms with Crippen molar-refractivity contribution in [3.63, 3.8) is 0 Å². The van der Waals surface area contributed by atoms with Crippen LogP contribution in [0.3, 0.4) is 0 Å². The first kappa shape index (κ1) is 15.3. The number of halogens is 1. The number of hydrogen-bond acceptors (Lipinski definition) is 2. The molecular formula is C22H15FO2. The topological polar surface area (TPSA) is 30.2 Å². The summed E-state index contributed by atoms with van der Waals surface area (Å²) in [5, 5.41) is 0.975. The van der Waals surface area contributed by atoms with Crippen LogP contribution in [-0.2, 0) is 6.42 Å². The Labute approximate surface area is 144 Å². The maximum Gasteiger partial charge on any atom is 0.152 e. The van der Waals surface area contributed by atoms with Gasteiger partial charge < -0.3 is 4.42 Å². The van der Waals surface area contributed by atoms with E-state index in [-0.39, 0.29) is 5.56 Å². The molecule has 4 rings (SSSR count). The van der Waals surface area contributed by atoms with Gasteiger partial charge in [0.25, 0.3) is 0 Å². The molecule has 1 aromatic heterocycles. The van der Waals surface area contributed by atoms with Gasteiger partial charge in [-0.3, -0.25) is 4.79 Å². The molecule has 0 saturated heterocycles. The Kier molecular flexibility index (Phi) is 3.90. The van der Waals surface area contributed by atoms with Crippen molar-refractivity contribution in [2.24, 2.45) is 0 Å². The van der Waals surface area contributed by atoms with Crippen molar-refractivity contribution in [1.29, 1.82) is 0 Å². The van der Waals surface area contributed by atoms with Crippen molar-refractivity contribution in [3.05, 3.63) is 95.3 Å². The van der Waals surface area contributed by atoms with Gasteiger partial charge in [-0.05, 0) is 47.9 Å². The summed E-state index contributed by atoms with van der Waals surface area (Å²) in [6, 6.07) is 22.7. The Balaban J connectivity index is 1.68. The third-order valence-electron chi connectivity index (χ3n) is 4.24. The van der Waals surface area contributed by atoms with Crippen LogP contribution in [0.2, 0.25) is 0 Å². The maximum atomic E-state index is 13.8. The number of benzene rings is 3. The second-order valence-corrected chi connectivity index (χ2v) is 6.00. The molecule has 4 aromatic rings. The quantitative estimate of drug-likeness (QED) is 0.453. The van der Waals surface area contributed by atoms with Crippen LogP contribution in [0.25, 0.3) is 22.3 Å². The van der Waals surface area contributed by atoms with Crippen LogP contribution in [0.5, 0.6) is 0 Å². The number of furan rings is 1. The molecule has 0 spiro atoms. The molecule has 1 heterocycles. The van der Waals surface area contributed by atoms with E-state index in [0.29, 0.717) is 17.6 Å². The lowest BCUT2D eigenvalue weighted by Crippen LogP contribution is -1.87. The maximum absolute atomic E-state index is 13.8. The van der Waals surface area contributed by atoms with Crippen molar-refractivity contribution >= 4 is 17.3 Å². The molecule has 122 valence electrons. The fourth-order valence-electron chi connectivity index (χ4n) is 2.95. The third kappa shape index (κ3) is 3.09. The lowest BCUT2D eigenvalue weighted by molar-refractivity contribution is 0.112. The summed E-state index contributed by atoms with van der Waals surface area (Å²) in [5.74, 6) is 0.0425. The van der Waals surface area contributed by atoms with Crippen molar-refractivity contribution in [2.75, 3.05) is 0 Å². The van der Waals surface area contributed by atoms with Crippen molar-refractivity contribution < 1.29 is 13.6 Å². The third-order valence-corrected chi connectivity index (χ3v) is 4.24. The van der Waals surface area contributed by atoms with E-state index in [1.165, 1.54) is 23.3 Å². The molecule has 0 bridgehead atoms. The monoisotopic (exact) mass is 330 g/mol. The molecule has 0 saturated carbocycles. The van der Waals surface area contributed by atoms with Gasteiger partial charge in [-0.25, -0.2) is 4.39 Å². The molecule has 0 radical (unpaired) electrons. The van der Waals surface area contributed by atoms with Crippen LogP contribution >= 0.6 is 0 Å². The van der Waals surface area contributed by atoms with E-state index in [1.54, 1.807) is 6.07 Å². The Morgan fingerprint density at radius 3 is 2.48 bits per heavy atom. The molecular weight excluding hydrogens is 315 g/mol. The average molecular weight is 330 g/mol. The number of rotatable bonds is 4. The predicted molar refractivity (Wildman–Crippen MR) is 96.2 cm³/mol. The Morgan fingerprint density at radius 1 is 0.880 bits per heavy atom. The van der Waals surface area contributed by atoms with Gasteiger partial charge in [-0.2, -0.15) is 0 Å². The minimum Gasteiger partial charge on any atom is -0.456 e. The number of hydrogen-bond donors (Lipinski definition) is 0. The highest BCUT2D eigenvalue weighted by Crippen LogP contribution is 2.29. The Bertz CT molecular complexity index is 1050. The Hall–Kier alpha value is -3.20. The average Bonchev–Trinajstić information content (AvgIpc) is 3.06. The largest absolute Gasteiger partial charge is 0.456 e. The zero-order valence-corrected chi connectivity index (χ0v) is 13.4. The molecule has 0 amide bonds. The van der Waals surface area contributed by atoms with E-state index in [4.69, 9.17) is 4.42 Å². The molecule has 2 nitrogen and oxygen atoms in total. The highest BCUT2D eigenvalue weighted by molar-refractivity contribution is 5.84. The van der Waals surface area contributed by atoms with Crippen molar-refractivity contribution in [1.82, 2.24) is 0 Å². The normalized spacial score (nSPS) is 10.9. The molecule has 0 unspecified atom stereocenters. The minimum absolute atomic E-state index is 0.0463. The number of fused-ring (bicyclic) bond motifs is 1. The summed E-state index contributed by atoms with van der Waals surface area (Å²) >= 11 is 0. The van der Waals surface area contributed by atoms with Gasteiger partial charge in [0.15, 0.2) is 6.29 Å². The van der Waals surface area contributed by atoms with Gasteiger partial charge in [0.2, 0.25) is 0 Å². The summed E-state index contributed by atoms with van der Waals surface area (Å²) in [6.07, 6.45) is 1.35. The van der Waals surface area contributed by atoms with Crippen LogP contribution < -0.4 is 0 Å². The number of aldehydes is 1. The first-order valence-corrected chi connectivity index (χ1v) is 8.04. The number of carbonyl (C=O) groups excluding carboxylic acids is 1. The van der Waals surface area contributed by atoms with Gasteiger partial charge >= 0.3 is 0 Å². The summed E-state index contributed by atoms with van der Waals surface area (Å²) in [4.78, 5) is 10.7. The van der Waals surface area contributed by atoms with E-state index in [9.17, 15) is 9.18 Å². The molecule has 0 aliphatic heterocycles. The summed E-state index contributed by atoms with van der Waals surface area (Å²) < 4.78 is 19.7. The van der Waals surface area contributed by atoms with E-state index >= 15 is 0 Å². The van der Waals surface area contributed by atoms with Crippen LogP contribution in [0.15, 0.2) is 77.2 Å². The molecule has 0 N–H and O–H groups in total. The lowest BCUT2D eigenvalue weighted by atomic mass is 10.0. The molecule has 25 heavy (non-hydrogen) atoms. The lowest BCUT2D eigenvalue weighted by Gasteiger charge is -2.01. The molecule has 0 aliphatic rings. The van der Waals surface area contributed by atoms with E-state index in [1.807, 2.05) is 36.4 Å². The predicted octanol–water partition coefficient (Wildman–Crippen LogP) is 5.64. The summed E-state index contributed by atoms with van der Waals surface area (Å²) in [6.45, 7) is 0. The SMILES string of the molecule is O=Cc1ccc(-c2cc3cc(Cc4ccccc4)ccc3o2)cc1F. The van der Waals surface area contributed by atoms with Crippen molar-refractivity contribution in [3.8, 4) is 11.3 Å². The second kappa shape index (κ2) is 6.36. The fraction of sp³-hybridized carbons (Fsp3) is 0.0455. The van der Waals surface area contributed by atoms with Gasteiger partial charge in [0.1, 0.15) is 17.2 Å². The first-order valence-electron chi connectivity index (χ1n) is 8.04. The van der Waals surface area contributed by atoms with E-state index < -0.39 is 5.82 Å². The molecule has 3 heteroatoms. The van der Waals surface area contributed by atoms with Crippen LogP contribution in [0.1, 0.15) is 21.5 Å². The second-order valence-electron chi connectivity index (χ2n) is 6.00.